The van der Waals surface area contributed by atoms with Crippen molar-refractivity contribution in [2.75, 3.05) is 0 Å². The maximum atomic E-state index is 11.4. The third kappa shape index (κ3) is 2.43. The molecule has 0 heterocycles. The Labute approximate surface area is 82.2 Å². The number of benzene rings is 1. The van der Waals surface area contributed by atoms with Gasteiger partial charge >= 0.3 is 0 Å². The van der Waals surface area contributed by atoms with Gasteiger partial charge in [0.25, 0.3) is 0 Å². The van der Waals surface area contributed by atoms with Crippen LogP contribution in [0.4, 0.5) is 0 Å². The average molecular weight is 184 g/mol. The summed E-state index contributed by atoms with van der Waals surface area (Å²) in [5.41, 5.74) is 0.965. The lowest BCUT2D eigenvalue weighted by Gasteiger charge is -1.97. The smallest absolute Gasteiger partial charge is 0.163 e. The van der Waals surface area contributed by atoms with E-state index in [-0.39, 0.29) is 18.6 Å². The lowest BCUT2D eigenvalue weighted by Crippen LogP contribution is -1.98. The first-order valence-electron chi connectivity index (χ1n) is 4.18. The first kappa shape index (κ1) is 9.95. The molecular weight excluding hydrogens is 176 g/mol. The second-order valence-corrected chi connectivity index (χ2v) is 2.77. The summed E-state index contributed by atoms with van der Waals surface area (Å²) in [4.78, 5) is 11.4. The van der Waals surface area contributed by atoms with Crippen LogP contribution in [-0.2, 0) is 0 Å². The topological polar surface area (TPSA) is 64.7 Å². The van der Waals surface area contributed by atoms with Gasteiger partial charge in [-0.2, -0.15) is 10.5 Å². The average Bonchev–Trinajstić information content (AvgIpc) is 2.26. The predicted molar refractivity (Wildman–Crippen MR) is 50.3 cm³/mol. The van der Waals surface area contributed by atoms with Gasteiger partial charge in [-0.15, -0.1) is 0 Å². The Bertz CT molecular complexity index is 424. The van der Waals surface area contributed by atoms with Crippen LogP contribution in [0.2, 0.25) is 0 Å². The van der Waals surface area contributed by atoms with Gasteiger partial charge in [0.2, 0.25) is 0 Å². The minimum atomic E-state index is -0.0938. The van der Waals surface area contributed by atoms with Gasteiger partial charge in [-0.1, -0.05) is 12.1 Å². The van der Waals surface area contributed by atoms with E-state index in [4.69, 9.17) is 10.5 Å². The van der Waals surface area contributed by atoms with E-state index in [2.05, 4.69) is 0 Å². The highest BCUT2D eigenvalue weighted by Gasteiger charge is 2.05. The number of Topliss-reactive ketones (excluding diaryl/α,β-unsaturated/α-hetero) is 1. The van der Waals surface area contributed by atoms with E-state index in [9.17, 15) is 4.79 Å². The van der Waals surface area contributed by atoms with Crippen LogP contribution < -0.4 is 0 Å². The van der Waals surface area contributed by atoms with Crippen LogP contribution in [0.3, 0.4) is 0 Å². The highest BCUT2D eigenvalue weighted by atomic mass is 16.1. The monoisotopic (exact) mass is 184 g/mol. The summed E-state index contributed by atoms with van der Waals surface area (Å²) in [6.45, 7) is 0. The molecule has 0 N–H and O–H groups in total. The van der Waals surface area contributed by atoms with Gasteiger partial charge in [-0.25, -0.2) is 0 Å². The second kappa shape index (κ2) is 4.79. The zero-order chi connectivity index (χ0) is 10.4. The highest BCUT2D eigenvalue weighted by molar-refractivity contribution is 5.96. The Kier molecular flexibility index (Phi) is 3.41. The molecule has 0 atom stereocenters. The van der Waals surface area contributed by atoms with Crippen molar-refractivity contribution < 1.29 is 4.79 Å². The SMILES string of the molecule is N#CCCC(=O)c1cccc(C#N)c1. The minimum absolute atomic E-state index is 0.0938. The summed E-state index contributed by atoms with van der Waals surface area (Å²) in [5.74, 6) is -0.0938. The van der Waals surface area contributed by atoms with E-state index in [1.54, 1.807) is 24.3 Å². The molecule has 0 fully saturated rings. The number of hydrogen-bond donors (Lipinski definition) is 0. The third-order valence-corrected chi connectivity index (χ3v) is 1.78. The van der Waals surface area contributed by atoms with E-state index in [0.29, 0.717) is 11.1 Å². The van der Waals surface area contributed by atoms with Crippen LogP contribution in [0.25, 0.3) is 0 Å². The molecule has 3 heteroatoms. The number of nitrogens with zero attached hydrogens (tertiary/aromatic N) is 2. The molecule has 0 aromatic heterocycles. The first-order valence-corrected chi connectivity index (χ1v) is 4.18. The van der Waals surface area contributed by atoms with Gasteiger partial charge in [0, 0.05) is 18.4 Å². The molecule has 1 aromatic rings. The lowest BCUT2D eigenvalue weighted by atomic mass is 10.0. The largest absolute Gasteiger partial charge is 0.294 e. The number of hydrogen-bond acceptors (Lipinski definition) is 3. The Morgan fingerprint density at radius 3 is 2.79 bits per heavy atom. The molecule has 0 spiro atoms. The Hall–Kier alpha value is -2.13. The summed E-state index contributed by atoms with van der Waals surface area (Å²) >= 11 is 0. The standard InChI is InChI=1S/C11H8N2O/c12-6-2-5-11(14)10-4-1-3-9(7-10)8-13/h1,3-4,7H,2,5H2. The van der Waals surface area contributed by atoms with Crippen LogP contribution in [0.5, 0.6) is 0 Å². The Morgan fingerprint density at radius 2 is 2.14 bits per heavy atom. The molecule has 0 saturated carbocycles. The summed E-state index contributed by atoms with van der Waals surface area (Å²) in [5, 5.41) is 16.9. The van der Waals surface area contributed by atoms with Gasteiger partial charge in [0.15, 0.2) is 5.78 Å². The quantitative estimate of drug-likeness (QED) is 0.675. The summed E-state index contributed by atoms with van der Waals surface area (Å²) in [6, 6.07) is 10.4. The van der Waals surface area contributed by atoms with E-state index >= 15 is 0 Å². The van der Waals surface area contributed by atoms with Gasteiger partial charge in [0.1, 0.15) is 0 Å². The van der Waals surface area contributed by atoms with Crippen molar-refractivity contribution >= 4 is 5.78 Å². The molecule has 68 valence electrons. The fraction of sp³-hybridized carbons (Fsp3) is 0.182. The molecule has 0 radical (unpaired) electrons. The van der Waals surface area contributed by atoms with Crippen LogP contribution in [0, 0.1) is 22.7 Å². The van der Waals surface area contributed by atoms with Gasteiger partial charge in [-0.3, -0.25) is 4.79 Å². The molecule has 0 amide bonds. The molecule has 0 saturated heterocycles. The third-order valence-electron chi connectivity index (χ3n) is 1.78. The highest BCUT2D eigenvalue weighted by Crippen LogP contribution is 2.07. The zero-order valence-corrected chi connectivity index (χ0v) is 7.53. The fourth-order valence-electron chi connectivity index (χ4n) is 1.08. The van der Waals surface area contributed by atoms with Crippen molar-refractivity contribution in [3.05, 3.63) is 35.4 Å². The van der Waals surface area contributed by atoms with Crippen LogP contribution in [0.15, 0.2) is 24.3 Å². The van der Waals surface area contributed by atoms with Crippen molar-refractivity contribution in [2.45, 2.75) is 12.8 Å². The van der Waals surface area contributed by atoms with Crippen LogP contribution in [0.1, 0.15) is 28.8 Å². The molecule has 0 aliphatic rings. The summed E-state index contributed by atoms with van der Waals surface area (Å²) < 4.78 is 0. The zero-order valence-electron chi connectivity index (χ0n) is 7.53. The lowest BCUT2D eigenvalue weighted by molar-refractivity contribution is 0.0984. The maximum absolute atomic E-state index is 11.4. The maximum Gasteiger partial charge on any atom is 0.163 e. The first-order chi connectivity index (χ1) is 6.77. The molecule has 14 heavy (non-hydrogen) atoms. The van der Waals surface area contributed by atoms with E-state index < -0.39 is 0 Å². The normalized spacial score (nSPS) is 8.71. The summed E-state index contributed by atoms with van der Waals surface area (Å²) in [7, 11) is 0. The molecule has 0 aliphatic carbocycles. The molecule has 3 nitrogen and oxygen atoms in total. The van der Waals surface area contributed by atoms with Crippen molar-refractivity contribution in [3.8, 4) is 12.1 Å². The predicted octanol–water partition coefficient (Wildman–Crippen LogP) is 2.04. The number of carbonyl (C=O) groups is 1. The van der Waals surface area contributed by atoms with E-state index in [1.807, 2.05) is 12.1 Å². The fourth-order valence-corrected chi connectivity index (χ4v) is 1.08. The second-order valence-electron chi connectivity index (χ2n) is 2.77. The minimum Gasteiger partial charge on any atom is -0.294 e. The van der Waals surface area contributed by atoms with Gasteiger partial charge < -0.3 is 0 Å². The van der Waals surface area contributed by atoms with Crippen molar-refractivity contribution in [2.24, 2.45) is 0 Å². The van der Waals surface area contributed by atoms with Gasteiger partial charge in [0.05, 0.1) is 17.7 Å². The van der Waals surface area contributed by atoms with Crippen molar-refractivity contribution in [3.63, 3.8) is 0 Å². The number of carbonyl (C=O) groups excluding carboxylic acids is 1. The van der Waals surface area contributed by atoms with Gasteiger partial charge in [-0.05, 0) is 12.1 Å². The number of rotatable bonds is 3. The van der Waals surface area contributed by atoms with Crippen LogP contribution in [-0.4, -0.2) is 5.78 Å². The Morgan fingerprint density at radius 1 is 1.36 bits per heavy atom. The van der Waals surface area contributed by atoms with E-state index in [1.165, 1.54) is 0 Å². The van der Waals surface area contributed by atoms with Crippen molar-refractivity contribution in [1.82, 2.24) is 0 Å². The molecular formula is C11H8N2O. The molecule has 0 bridgehead atoms. The Balaban J connectivity index is 2.82. The molecule has 1 rings (SSSR count). The molecule has 1 aromatic carbocycles. The van der Waals surface area contributed by atoms with Crippen LogP contribution >= 0.6 is 0 Å². The number of ketones is 1. The molecule has 0 aliphatic heterocycles. The van der Waals surface area contributed by atoms with E-state index in [0.717, 1.165) is 0 Å². The summed E-state index contributed by atoms with van der Waals surface area (Å²) in [6.07, 6.45) is 0.432. The molecule has 0 unspecified atom stereocenters. The van der Waals surface area contributed by atoms with Crippen molar-refractivity contribution in [1.29, 1.82) is 10.5 Å². The number of nitriles is 2.